The maximum absolute atomic E-state index is 14.5. The third kappa shape index (κ3) is 2.48. The summed E-state index contributed by atoms with van der Waals surface area (Å²) in [6.07, 6.45) is 3.20. The van der Waals surface area contributed by atoms with Crippen molar-refractivity contribution in [2.24, 2.45) is 5.73 Å². The molecule has 1 aliphatic rings. The topological polar surface area (TPSA) is 53.1 Å². The van der Waals surface area contributed by atoms with Gasteiger partial charge in [-0.2, -0.15) is 0 Å². The lowest BCUT2D eigenvalue weighted by Crippen LogP contribution is -2.35. The molecule has 0 amide bonds. The molecule has 1 fully saturated rings. The van der Waals surface area contributed by atoms with Crippen molar-refractivity contribution in [2.45, 2.75) is 45.2 Å². The minimum absolute atomic E-state index is 0.126. The predicted molar refractivity (Wildman–Crippen MR) is 80.4 cm³/mol. The van der Waals surface area contributed by atoms with Crippen LogP contribution in [0.1, 0.15) is 38.7 Å². The van der Waals surface area contributed by atoms with E-state index < -0.39 is 0 Å². The van der Waals surface area contributed by atoms with Gasteiger partial charge in [-0.05, 0) is 54.2 Å². The van der Waals surface area contributed by atoms with Gasteiger partial charge in [0.2, 0.25) is 0 Å². The van der Waals surface area contributed by atoms with Gasteiger partial charge in [-0.1, -0.05) is 6.92 Å². The molecule has 0 aliphatic carbocycles. The first-order valence-corrected chi connectivity index (χ1v) is 7.37. The van der Waals surface area contributed by atoms with Crippen LogP contribution in [0, 0.1) is 11.2 Å². The van der Waals surface area contributed by atoms with Crippen molar-refractivity contribution in [1.29, 1.82) is 5.41 Å². The molecule has 0 aromatic heterocycles. The van der Waals surface area contributed by atoms with Crippen LogP contribution in [-0.2, 0) is 0 Å². The summed E-state index contributed by atoms with van der Waals surface area (Å²) in [4.78, 5) is 2.16. The molecule has 1 aromatic rings. The van der Waals surface area contributed by atoms with Gasteiger partial charge in [0.1, 0.15) is 5.84 Å². The van der Waals surface area contributed by atoms with Gasteiger partial charge in [-0.15, -0.1) is 0 Å². The van der Waals surface area contributed by atoms with Crippen LogP contribution in [0.5, 0.6) is 0 Å². The Labute approximate surface area is 121 Å². The molecule has 1 aromatic carbocycles. The Bertz CT molecular complexity index is 504. The third-order valence-corrected chi connectivity index (χ3v) is 4.66. The summed E-state index contributed by atoms with van der Waals surface area (Å²) in [6, 6.07) is 4.18. The maximum atomic E-state index is 14.5. The van der Waals surface area contributed by atoms with Crippen molar-refractivity contribution < 1.29 is 4.39 Å². The van der Waals surface area contributed by atoms with Crippen molar-refractivity contribution in [3.8, 4) is 0 Å². The Hall–Kier alpha value is -1.10. The zero-order valence-corrected chi connectivity index (χ0v) is 12.8. The molecule has 0 spiro atoms. The van der Waals surface area contributed by atoms with Crippen LogP contribution >= 0.6 is 15.9 Å². The number of nitrogen functional groups attached to an aromatic ring is 1. The van der Waals surface area contributed by atoms with Gasteiger partial charge >= 0.3 is 0 Å². The Morgan fingerprint density at radius 2 is 2.21 bits per heavy atom. The largest absolute Gasteiger partial charge is 0.384 e. The van der Waals surface area contributed by atoms with Crippen LogP contribution in [0.4, 0.5) is 10.1 Å². The van der Waals surface area contributed by atoms with Gasteiger partial charge in [0.25, 0.3) is 0 Å². The lowest BCUT2D eigenvalue weighted by molar-refractivity contribution is 0.578. The number of amidine groups is 1. The molecule has 19 heavy (non-hydrogen) atoms. The average molecular weight is 328 g/mol. The van der Waals surface area contributed by atoms with E-state index in [4.69, 9.17) is 11.1 Å². The minimum Gasteiger partial charge on any atom is -0.384 e. The highest BCUT2D eigenvalue weighted by atomic mass is 79.9. The molecule has 0 bridgehead atoms. The molecular formula is C14H19BrFN3. The van der Waals surface area contributed by atoms with Crippen molar-refractivity contribution >= 4 is 27.5 Å². The second kappa shape index (κ2) is 5.49. The molecule has 0 radical (unpaired) electrons. The summed E-state index contributed by atoms with van der Waals surface area (Å²) in [5.41, 5.74) is 6.45. The van der Waals surface area contributed by atoms with Crippen molar-refractivity contribution in [3.05, 3.63) is 28.0 Å². The van der Waals surface area contributed by atoms with Crippen LogP contribution in [0.15, 0.2) is 16.6 Å². The summed E-state index contributed by atoms with van der Waals surface area (Å²) in [6.45, 7) is 4.26. The summed E-state index contributed by atoms with van der Waals surface area (Å²) in [5, 5.41) is 7.44. The molecule has 1 aliphatic heterocycles. The van der Waals surface area contributed by atoms with Crippen molar-refractivity contribution in [2.75, 3.05) is 4.90 Å². The molecule has 3 N–H and O–H groups in total. The molecule has 2 atom stereocenters. The van der Waals surface area contributed by atoms with Crippen molar-refractivity contribution in [3.63, 3.8) is 0 Å². The van der Waals surface area contributed by atoms with Gasteiger partial charge in [0.15, 0.2) is 5.82 Å². The summed E-state index contributed by atoms with van der Waals surface area (Å²) < 4.78 is 14.8. The zero-order chi connectivity index (χ0) is 14.2. The highest BCUT2D eigenvalue weighted by Gasteiger charge is 2.32. The van der Waals surface area contributed by atoms with E-state index in [0.717, 1.165) is 19.3 Å². The maximum Gasteiger partial charge on any atom is 0.161 e. The van der Waals surface area contributed by atoms with Crippen LogP contribution in [0.2, 0.25) is 0 Å². The van der Waals surface area contributed by atoms with E-state index in [0.29, 0.717) is 23.3 Å². The molecule has 1 heterocycles. The Balaban J connectivity index is 2.46. The fourth-order valence-electron chi connectivity index (χ4n) is 2.85. The van der Waals surface area contributed by atoms with Gasteiger partial charge < -0.3 is 10.6 Å². The number of halogens is 2. The Morgan fingerprint density at radius 3 is 2.79 bits per heavy atom. The van der Waals surface area contributed by atoms with E-state index >= 15 is 0 Å². The summed E-state index contributed by atoms with van der Waals surface area (Å²) in [5.74, 6) is -0.446. The molecule has 2 unspecified atom stereocenters. The first-order chi connectivity index (χ1) is 8.97. The quantitative estimate of drug-likeness (QED) is 0.657. The molecule has 104 valence electrons. The number of nitrogens with two attached hydrogens (primary N) is 1. The number of rotatable bonds is 3. The van der Waals surface area contributed by atoms with E-state index in [2.05, 4.69) is 34.7 Å². The second-order valence-electron chi connectivity index (χ2n) is 5.07. The first kappa shape index (κ1) is 14.3. The number of anilines is 1. The first-order valence-electron chi connectivity index (χ1n) is 6.58. The average Bonchev–Trinajstić information content (AvgIpc) is 2.73. The van der Waals surface area contributed by atoms with Gasteiger partial charge in [-0.3, -0.25) is 5.41 Å². The number of hydrogen-bond acceptors (Lipinski definition) is 2. The van der Waals surface area contributed by atoms with E-state index in [1.807, 2.05) is 0 Å². The molecule has 0 saturated carbocycles. The van der Waals surface area contributed by atoms with Crippen LogP contribution < -0.4 is 10.6 Å². The summed E-state index contributed by atoms with van der Waals surface area (Å²) in [7, 11) is 0. The lowest BCUT2D eigenvalue weighted by atomic mass is 10.1. The SMILES string of the molecule is CCC1CCC(C)N1c1ccc(C(=N)N)c(Br)c1F. The molecule has 2 rings (SSSR count). The number of nitrogens with zero attached hydrogens (tertiary/aromatic N) is 1. The molecule has 5 heteroatoms. The fourth-order valence-corrected chi connectivity index (χ4v) is 3.40. The Morgan fingerprint density at radius 1 is 1.53 bits per heavy atom. The number of nitrogens with one attached hydrogen (secondary N) is 1. The smallest absolute Gasteiger partial charge is 0.161 e. The van der Waals surface area contributed by atoms with Crippen LogP contribution in [0.3, 0.4) is 0 Å². The van der Waals surface area contributed by atoms with Gasteiger partial charge in [-0.25, -0.2) is 4.39 Å². The molecule has 3 nitrogen and oxygen atoms in total. The molecular weight excluding hydrogens is 309 g/mol. The van der Waals surface area contributed by atoms with Crippen LogP contribution in [0.25, 0.3) is 0 Å². The van der Waals surface area contributed by atoms with Gasteiger partial charge in [0.05, 0.1) is 10.2 Å². The second-order valence-corrected chi connectivity index (χ2v) is 5.86. The number of hydrogen-bond donors (Lipinski definition) is 2. The van der Waals surface area contributed by atoms with E-state index in [9.17, 15) is 4.39 Å². The highest BCUT2D eigenvalue weighted by Crippen LogP contribution is 2.36. The Kier molecular flexibility index (Phi) is 4.13. The lowest BCUT2D eigenvalue weighted by Gasteiger charge is -2.31. The summed E-state index contributed by atoms with van der Waals surface area (Å²) >= 11 is 3.22. The van der Waals surface area contributed by atoms with E-state index in [-0.39, 0.29) is 16.1 Å². The fraction of sp³-hybridized carbons (Fsp3) is 0.500. The monoisotopic (exact) mass is 327 g/mol. The predicted octanol–water partition coefficient (Wildman–Crippen LogP) is 3.64. The standard InChI is InChI=1S/C14H19BrFN3/c1-3-9-5-4-8(2)19(9)11-7-6-10(14(17)18)12(15)13(11)16/h6-9H,3-5H2,1-2H3,(H3,17,18). The van der Waals surface area contributed by atoms with E-state index in [1.54, 1.807) is 12.1 Å². The van der Waals surface area contributed by atoms with Crippen LogP contribution in [-0.4, -0.2) is 17.9 Å². The normalized spacial score (nSPS) is 22.8. The zero-order valence-electron chi connectivity index (χ0n) is 11.2. The molecule has 1 saturated heterocycles. The van der Waals surface area contributed by atoms with E-state index in [1.165, 1.54) is 0 Å². The highest BCUT2D eigenvalue weighted by molar-refractivity contribution is 9.10. The minimum atomic E-state index is -0.320. The van der Waals surface area contributed by atoms with Gasteiger partial charge in [0, 0.05) is 17.6 Å². The van der Waals surface area contributed by atoms with Crippen molar-refractivity contribution in [1.82, 2.24) is 0 Å². The number of benzene rings is 1. The third-order valence-electron chi connectivity index (χ3n) is 3.89.